The molecule has 0 spiro atoms. The molecule has 0 aliphatic heterocycles. The Bertz CT molecular complexity index is 327. The number of hydrogen-bond donors (Lipinski definition) is 0. The first kappa shape index (κ1) is 9.80. The van der Waals surface area contributed by atoms with Gasteiger partial charge in [-0.15, -0.1) is 0 Å². The molecule has 1 heterocycles. The highest BCUT2D eigenvalue weighted by molar-refractivity contribution is 6.34. The van der Waals surface area contributed by atoms with E-state index >= 15 is 0 Å². The normalized spacial score (nSPS) is 9.46. The summed E-state index contributed by atoms with van der Waals surface area (Å²) in [6, 6.07) is 0. The smallest absolute Gasteiger partial charge is 0.225 e. The molecule has 0 N–H and O–H groups in total. The van der Waals surface area contributed by atoms with Crippen LogP contribution in [-0.2, 0) is 0 Å². The summed E-state index contributed by atoms with van der Waals surface area (Å²) < 4.78 is 9.71. The van der Waals surface area contributed by atoms with Gasteiger partial charge in [-0.1, -0.05) is 11.6 Å². The number of ether oxygens (including phenoxy) is 2. The summed E-state index contributed by atoms with van der Waals surface area (Å²) >= 11 is 5.82. The molecule has 0 saturated carbocycles. The maximum atomic E-state index is 10.6. The van der Waals surface area contributed by atoms with Crippen LogP contribution in [0, 0.1) is 0 Å². The minimum Gasteiger partial charge on any atom is -0.494 e. The first-order chi connectivity index (χ1) is 6.24. The van der Waals surface area contributed by atoms with Crippen molar-refractivity contribution in [3.63, 3.8) is 0 Å². The van der Waals surface area contributed by atoms with Crippen LogP contribution in [0.3, 0.4) is 0 Å². The monoisotopic (exact) mass is 201 g/mol. The second-order valence-corrected chi connectivity index (χ2v) is 2.56. The summed E-state index contributed by atoms with van der Waals surface area (Å²) in [5.41, 5.74) is 0.198. The summed E-state index contributed by atoms with van der Waals surface area (Å²) in [5, 5.41) is 0.212. The summed E-state index contributed by atoms with van der Waals surface area (Å²) in [6.45, 7) is 0. The van der Waals surface area contributed by atoms with Gasteiger partial charge in [0.1, 0.15) is 5.02 Å². The van der Waals surface area contributed by atoms with Gasteiger partial charge in [-0.05, 0) is 0 Å². The molecular formula is C8H8ClNO3. The number of methoxy groups -OCH3 is 2. The standard InChI is InChI=1S/C8H8ClNO3/c1-12-6-3-10-8(13-2)5(4-11)7(6)9/h3-4H,1-2H3. The zero-order chi connectivity index (χ0) is 9.84. The molecule has 0 aromatic carbocycles. The second kappa shape index (κ2) is 4.09. The van der Waals surface area contributed by atoms with Gasteiger partial charge < -0.3 is 9.47 Å². The Morgan fingerprint density at radius 1 is 1.46 bits per heavy atom. The van der Waals surface area contributed by atoms with E-state index in [9.17, 15) is 4.79 Å². The number of aldehydes is 1. The molecule has 1 aromatic rings. The summed E-state index contributed by atoms with van der Waals surface area (Å²) in [6.07, 6.45) is 1.98. The number of pyridine rings is 1. The molecule has 1 rings (SSSR count). The molecule has 70 valence electrons. The highest BCUT2D eigenvalue weighted by Gasteiger charge is 2.13. The van der Waals surface area contributed by atoms with E-state index < -0.39 is 0 Å². The highest BCUT2D eigenvalue weighted by Crippen LogP contribution is 2.30. The lowest BCUT2D eigenvalue weighted by Crippen LogP contribution is -1.97. The lowest BCUT2D eigenvalue weighted by atomic mass is 10.3. The second-order valence-electron chi connectivity index (χ2n) is 2.18. The quantitative estimate of drug-likeness (QED) is 0.697. The van der Waals surface area contributed by atoms with Gasteiger partial charge in [0.15, 0.2) is 12.0 Å². The fraction of sp³-hybridized carbons (Fsp3) is 0.250. The molecule has 1 aromatic heterocycles. The van der Waals surface area contributed by atoms with Crippen LogP contribution in [0.2, 0.25) is 5.02 Å². The van der Waals surface area contributed by atoms with E-state index in [1.807, 2.05) is 0 Å². The Morgan fingerprint density at radius 2 is 2.15 bits per heavy atom. The molecule has 0 atom stereocenters. The Balaban J connectivity index is 3.31. The maximum Gasteiger partial charge on any atom is 0.225 e. The van der Waals surface area contributed by atoms with Gasteiger partial charge in [-0.3, -0.25) is 4.79 Å². The third-order valence-electron chi connectivity index (χ3n) is 1.51. The molecule has 13 heavy (non-hydrogen) atoms. The molecule has 0 radical (unpaired) electrons. The van der Waals surface area contributed by atoms with Gasteiger partial charge in [-0.2, -0.15) is 0 Å². The minimum absolute atomic E-state index is 0.195. The predicted molar refractivity (Wildman–Crippen MR) is 47.7 cm³/mol. The van der Waals surface area contributed by atoms with Gasteiger partial charge in [-0.25, -0.2) is 4.98 Å². The number of aromatic nitrogens is 1. The van der Waals surface area contributed by atoms with Crippen LogP contribution in [0.4, 0.5) is 0 Å². The SMILES string of the molecule is COc1cnc(OC)c(C=O)c1Cl. The van der Waals surface area contributed by atoms with Crippen LogP contribution in [0.5, 0.6) is 11.6 Å². The predicted octanol–water partition coefficient (Wildman–Crippen LogP) is 1.56. The molecule has 0 bridgehead atoms. The average molecular weight is 202 g/mol. The topological polar surface area (TPSA) is 48.4 Å². The lowest BCUT2D eigenvalue weighted by Gasteiger charge is -2.07. The zero-order valence-corrected chi connectivity index (χ0v) is 7.96. The average Bonchev–Trinajstić information content (AvgIpc) is 2.17. The zero-order valence-electron chi connectivity index (χ0n) is 7.20. The van der Waals surface area contributed by atoms with Crippen LogP contribution in [0.15, 0.2) is 6.20 Å². The van der Waals surface area contributed by atoms with Crippen molar-refractivity contribution in [2.24, 2.45) is 0 Å². The number of halogens is 1. The van der Waals surface area contributed by atoms with Crippen LogP contribution in [-0.4, -0.2) is 25.5 Å². The van der Waals surface area contributed by atoms with Crippen LogP contribution < -0.4 is 9.47 Å². The summed E-state index contributed by atoms with van der Waals surface area (Å²) in [7, 11) is 2.86. The molecule has 0 amide bonds. The minimum atomic E-state index is 0.195. The highest BCUT2D eigenvalue weighted by atomic mass is 35.5. The largest absolute Gasteiger partial charge is 0.494 e. The lowest BCUT2D eigenvalue weighted by molar-refractivity contribution is 0.111. The van der Waals surface area contributed by atoms with E-state index in [1.165, 1.54) is 20.4 Å². The van der Waals surface area contributed by atoms with E-state index in [0.717, 1.165) is 0 Å². The van der Waals surface area contributed by atoms with Crippen molar-refractivity contribution < 1.29 is 14.3 Å². The van der Waals surface area contributed by atoms with Crippen molar-refractivity contribution in [2.45, 2.75) is 0 Å². The molecular weight excluding hydrogens is 194 g/mol. The number of nitrogens with zero attached hydrogens (tertiary/aromatic N) is 1. The first-order valence-electron chi connectivity index (χ1n) is 3.46. The number of carbonyl (C=O) groups excluding carboxylic acids is 1. The molecule has 5 heteroatoms. The van der Waals surface area contributed by atoms with E-state index in [4.69, 9.17) is 21.1 Å². The van der Waals surface area contributed by atoms with Crippen LogP contribution >= 0.6 is 11.6 Å². The Hall–Kier alpha value is -1.29. The fourth-order valence-corrected chi connectivity index (χ4v) is 1.13. The molecule has 0 saturated heterocycles. The molecule has 0 aliphatic carbocycles. The number of hydrogen-bond acceptors (Lipinski definition) is 4. The molecule has 4 nitrogen and oxygen atoms in total. The van der Waals surface area contributed by atoms with Gasteiger partial charge in [0, 0.05) is 0 Å². The van der Waals surface area contributed by atoms with E-state index in [-0.39, 0.29) is 16.5 Å². The van der Waals surface area contributed by atoms with E-state index in [0.29, 0.717) is 12.0 Å². The first-order valence-corrected chi connectivity index (χ1v) is 3.84. The van der Waals surface area contributed by atoms with Crippen molar-refractivity contribution in [3.05, 3.63) is 16.8 Å². The van der Waals surface area contributed by atoms with Crippen molar-refractivity contribution in [2.75, 3.05) is 14.2 Å². The van der Waals surface area contributed by atoms with Crippen molar-refractivity contribution in [1.82, 2.24) is 4.98 Å². The van der Waals surface area contributed by atoms with E-state index in [2.05, 4.69) is 4.98 Å². The Kier molecular flexibility index (Phi) is 3.08. The van der Waals surface area contributed by atoms with Crippen LogP contribution in [0.25, 0.3) is 0 Å². The van der Waals surface area contributed by atoms with Crippen molar-refractivity contribution in [1.29, 1.82) is 0 Å². The van der Waals surface area contributed by atoms with Crippen LogP contribution in [0.1, 0.15) is 10.4 Å². The van der Waals surface area contributed by atoms with Gasteiger partial charge >= 0.3 is 0 Å². The Labute approximate surface area is 80.4 Å². The molecule has 0 aliphatic rings. The third-order valence-corrected chi connectivity index (χ3v) is 1.90. The maximum absolute atomic E-state index is 10.6. The van der Waals surface area contributed by atoms with Gasteiger partial charge in [0.25, 0.3) is 0 Å². The van der Waals surface area contributed by atoms with Crippen molar-refractivity contribution in [3.8, 4) is 11.6 Å². The number of carbonyl (C=O) groups is 1. The molecule has 0 fully saturated rings. The van der Waals surface area contributed by atoms with Crippen molar-refractivity contribution >= 4 is 17.9 Å². The Morgan fingerprint density at radius 3 is 2.62 bits per heavy atom. The number of rotatable bonds is 3. The summed E-state index contributed by atoms with van der Waals surface area (Å²) in [5.74, 6) is 0.547. The summed E-state index contributed by atoms with van der Waals surface area (Å²) in [4.78, 5) is 14.5. The van der Waals surface area contributed by atoms with Gasteiger partial charge in [0.05, 0.1) is 26.0 Å². The fourth-order valence-electron chi connectivity index (χ4n) is 0.877. The third kappa shape index (κ3) is 1.72. The van der Waals surface area contributed by atoms with E-state index in [1.54, 1.807) is 0 Å². The van der Waals surface area contributed by atoms with Gasteiger partial charge in [0.2, 0.25) is 5.88 Å². The molecule has 0 unspecified atom stereocenters.